The first-order valence-electron chi connectivity index (χ1n) is 5.65. The Balaban J connectivity index is 2.31. The molecule has 0 aliphatic heterocycles. The normalized spacial score (nSPS) is 9.74. The predicted molar refractivity (Wildman–Crippen MR) is 70.3 cm³/mol. The number of nitriles is 1. The number of benzene rings is 2. The average Bonchev–Trinajstić information content (AvgIpc) is 2.45. The van der Waals surface area contributed by atoms with Gasteiger partial charge in [-0.05, 0) is 36.4 Å². The zero-order valence-corrected chi connectivity index (χ0v) is 10.3. The second-order valence-electron chi connectivity index (χ2n) is 4.04. The summed E-state index contributed by atoms with van der Waals surface area (Å²) in [6.07, 6.45) is 0. The van der Waals surface area contributed by atoms with E-state index in [-0.39, 0.29) is 5.91 Å². The third-order valence-electron chi connectivity index (χ3n) is 2.74. The minimum atomic E-state index is -0.400. The summed E-state index contributed by atoms with van der Waals surface area (Å²) in [5.74, 6) is -0.689. The van der Waals surface area contributed by atoms with Gasteiger partial charge in [-0.2, -0.15) is 5.26 Å². The van der Waals surface area contributed by atoms with Gasteiger partial charge in [0.15, 0.2) is 0 Å². The van der Waals surface area contributed by atoms with Crippen molar-refractivity contribution in [3.8, 4) is 6.07 Å². The molecule has 0 bridgehead atoms. The maximum absolute atomic E-state index is 13.1. The van der Waals surface area contributed by atoms with E-state index in [2.05, 4.69) is 0 Å². The van der Waals surface area contributed by atoms with Crippen molar-refractivity contribution in [3.63, 3.8) is 0 Å². The molecule has 94 valence electrons. The van der Waals surface area contributed by atoms with E-state index in [9.17, 15) is 9.18 Å². The van der Waals surface area contributed by atoms with Crippen LogP contribution >= 0.6 is 0 Å². The lowest BCUT2D eigenvalue weighted by Crippen LogP contribution is -2.26. The van der Waals surface area contributed by atoms with Gasteiger partial charge in [0.05, 0.1) is 11.6 Å². The van der Waals surface area contributed by atoms with Crippen LogP contribution in [0.2, 0.25) is 0 Å². The van der Waals surface area contributed by atoms with E-state index in [4.69, 9.17) is 5.26 Å². The maximum Gasteiger partial charge on any atom is 0.258 e. The molecule has 0 atom stereocenters. The van der Waals surface area contributed by atoms with Gasteiger partial charge in [-0.3, -0.25) is 4.79 Å². The number of rotatable bonds is 2. The summed E-state index contributed by atoms with van der Waals surface area (Å²) < 4.78 is 13.1. The number of carbonyl (C=O) groups excluding carboxylic acids is 1. The fourth-order valence-corrected chi connectivity index (χ4v) is 1.72. The van der Waals surface area contributed by atoms with E-state index in [1.54, 1.807) is 37.4 Å². The van der Waals surface area contributed by atoms with Gasteiger partial charge in [0.25, 0.3) is 5.91 Å². The number of halogens is 1. The lowest BCUT2D eigenvalue weighted by Gasteiger charge is -2.17. The molecule has 2 aromatic rings. The Labute approximate surface area is 110 Å². The highest BCUT2D eigenvalue weighted by atomic mass is 19.1. The molecule has 0 fully saturated rings. The molecule has 4 heteroatoms. The molecule has 0 heterocycles. The Bertz CT molecular complexity index is 661. The molecule has 0 N–H and O–H groups in total. The summed E-state index contributed by atoms with van der Waals surface area (Å²) in [4.78, 5) is 13.6. The van der Waals surface area contributed by atoms with E-state index in [1.807, 2.05) is 6.07 Å². The standard InChI is InChI=1S/C15H11FN2O/c1-18(14-7-3-6-13(16)9-14)15(19)12-5-2-4-11(8-12)10-17/h2-9H,1H3. The first-order chi connectivity index (χ1) is 9.11. The van der Waals surface area contributed by atoms with Gasteiger partial charge in [-0.25, -0.2) is 4.39 Å². The molecule has 0 unspecified atom stereocenters. The van der Waals surface area contributed by atoms with Gasteiger partial charge in [0, 0.05) is 18.3 Å². The van der Waals surface area contributed by atoms with Crippen molar-refractivity contribution in [2.45, 2.75) is 0 Å². The van der Waals surface area contributed by atoms with E-state index in [0.29, 0.717) is 16.8 Å². The Hall–Kier alpha value is -2.67. The van der Waals surface area contributed by atoms with Crippen LogP contribution in [0, 0.1) is 17.1 Å². The van der Waals surface area contributed by atoms with Gasteiger partial charge in [-0.15, -0.1) is 0 Å². The third kappa shape index (κ3) is 2.78. The molecule has 3 nitrogen and oxygen atoms in total. The molecule has 0 aromatic heterocycles. The molecule has 0 saturated carbocycles. The van der Waals surface area contributed by atoms with Crippen molar-refractivity contribution >= 4 is 11.6 Å². The molecule has 0 saturated heterocycles. The minimum absolute atomic E-state index is 0.289. The predicted octanol–water partition coefficient (Wildman–Crippen LogP) is 2.97. The minimum Gasteiger partial charge on any atom is -0.311 e. The Kier molecular flexibility index (Phi) is 3.58. The van der Waals surface area contributed by atoms with Crippen molar-refractivity contribution in [2.24, 2.45) is 0 Å². The molecule has 2 rings (SSSR count). The molecule has 1 amide bonds. The first-order valence-corrected chi connectivity index (χ1v) is 5.65. The van der Waals surface area contributed by atoms with Gasteiger partial charge < -0.3 is 4.90 Å². The summed E-state index contributed by atoms with van der Waals surface area (Å²) in [7, 11) is 1.57. The fourth-order valence-electron chi connectivity index (χ4n) is 1.72. The number of carbonyl (C=O) groups is 1. The monoisotopic (exact) mass is 254 g/mol. The molecular formula is C15H11FN2O. The SMILES string of the molecule is CN(C(=O)c1cccc(C#N)c1)c1cccc(F)c1. The molecule has 0 aliphatic rings. The number of hydrogen-bond donors (Lipinski definition) is 0. The van der Waals surface area contributed by atoms with Crippen molar-refractivity contribution in [1.29, 1.82) is 5.26 Å². The maximum atomic E-state index is 13.1. The largest absolute Gasteiger partial charge is 0.311 e. The zero-order valence-electron chi connectivity index (χ0n) is 10.3. The highest BCUT2D eigenvalue weighted by Gasteiger charge is 2.14. The number of nitrogens with zero attached hydrogens (tertiary/aromatic N) is 2. The van der Waals surface area contributed by atoms with Crippen molar-refractivity contribution in [3.05, 3.63) is 65.5 Å². The molecule has 2 aromatic carbocycles. The third-order valence-corrected chi connectivity index (χ3v) is 2.74. The van der Waals surface area contributed by atoms with Crippen LogP contribution in [0.25, 0.3) is 0 Å². The second-order valence-corrected chi connectivity index (χ2v) is 4.04. The van der Waals surface area contributed by atoms with Crippen LogP contribution in [0.3, 0.4) is 0 Å². The quantitative estimate of drug-likeness (QED) is 0.827. The first kappa shape index (κ1) is 12.8. The van der Waals surface area contributed by atoms with E-state index in [1.165, 1.54) is 23.1 Å². The summed E-state index contributed by atoms with van der Waals surface area (Å²) in [5.41, 5.74) is 1.27. The topological polar surface area (TPSA) is 44.1 Å². The summed E-state index contributed by atoms with van der Waals surface area (Å²) in [6, 6.07) is 14.2. The van der Waals surface area contributed by atoms with E-state index < -0.39 is 5.82 Å². The highest BCUT2D eigenvalue weighted by Crippen LogP contribution is 2.17. The van der Waals surface area contributed by atoms with Crippen molar-refractivity contribution < 1.29 is 9.18 Å². The van der Waals surface area contributed by atoms with Crippen LogP contribution in [-0.4, -0.2) is 13.0 Å². The zero-order chi connectivity index (χ0) is 13.8. The van der Waals surface area contributed by atoms with Gasteiger partial charge in [-0.1, -0.05) is 12.1 Å². The van der Waals surface area contributed by atoms with Crippen LogP contribution < -0.4 is 4.90 Å². The molecule has 0 radical (unpaired) electrons. The smallest absolute Gasteiger partial charge is 0.258 e. The van der Waals surface area contributed by atoms with Crippen LogP contribution in [-0.2, 0) is 0 Å². The average molecular weight is 254 g/mol. The number of hydrogen-bond acceptors (Lipinski definition) is 2. The summed E-state index contributed by atoms with van der Waals surface area (Å²) in [6.45, 7) is 0. The van der Waals surface area contributed by atoms with Crippen LogP contribution in [0.15, 0.2) is 48.5 Å². The van der Waals surface area contributed by atoms with Crippen LogP contribution in [0.5, 0.6) is 0 Å². The van der Waals surface area contributed by atoms with Crippen LogP contribution in [0.4, 0.5) is 10.1 Å². The Morgan fingerprint density at radius 3 is 2.63 bits per heavy atom. The number of anilines is 1. The highest BCUT2D eigenvalue weighted by molar-refractivity contribution is 6.05. The Morgan fingerprint density at radius 2 is 1.95 bits per heavy atom. The fraction of sp³-hybridized carbons (Fsp3) is 0.0667. The van der Waals surface area contributed by atoms with Crippen molar-refractivity contribution in [2.75, 3.05) is 11.9 Å². The lowest BCUT2D eigenvalue weighted by atomic mass is 10.1. The molecular weight excluding hydrogens is 243 g/mol. The summed E-state index contributed by atoms with van der Waals surface area (Å²) in [5, 5.41) is 8.81. The number of amides is 1. The van der Waals surface area contributed by atoms with E-state index in [0.717, 1.165) is 0 Å². The van der Waals surface area contributed by atoms with Gasteiger partial charge >= 0.3 is 0 Å². The Morgan fingerprint density at radius 1 is 1.21 bits per heavy atom. The van der Waals surface area contributed by atoms with Crippen molar-refractivity contribution in [1.82, 2.24) is 0 Å². The summed E-state index contributed by atoms with van der Waals surface area (Å²) >= 11 is 0. The van der Waals surface area contributed by atoms with E-state index >= 15 is 0 Å². The van der Waals surface area contributed by atoms with Crippen LogP contribution in [0.1, 0.15) is 15.9 Å². The molecule has 19 heavy (non-hydrogen) atoms. The van der Waals surface area contributed by atoms with Gasteiger partial charge in [0.2, 0.25) is 0 Å². The molecule has 0 aliphatic carbocycles. The van der Waals surface area contributed by atoms with Gasteiger partial charge in [0.1, 0.15) is 5.82 Å². The molecule has 0 spiro atoms. The lowest BCUT2D eigenvalue weighted by molar-refractivity contribution is 0.0993. The second kappa shape index (κ2) is 5.32.